The number of nitrogens with zero attached hydrogens (tertiary/aromatic N) is 4. The van der Waals surface area contributed by atoms with Crippen molar-refractivity contribution in [1.82, 2.24) is 19.6 Å². The molecule has 0 aromatic heterocycles. The Morgan fingerprint density at radius 1 is 0.488 bits per heavy atom. The topological polar surface area (TPSA) is 13.0 Å². The zero-order valence-electron chi connectivity index (χ0n) is 21.4. The van der Waals surface area contributed by atoms with Gasteiger partial charge in [-0.3, -0.25) is 0 Å². The minimum absolute atomic E-state index is 0. The van der Waals surface area contributed by atoms with Crippen molar-refractivity contribution >= 4 is 15.6 Å². The van der Waals surface area contributed by atoms with Crippen LogP contribution in [0.25, 0.3) is 0 Å². The van der Waals surface area contributed by atoms with Gasteiger partial charge in [-0.05, 0) is 11.1 Å². The number of hydrogen-bond donors (Lipinski definition) is 0. The van der Waals surface area contributed by atoms with E-state index in [1.54, 1.807) is 0 Å². The monoisotopic (exact) mass is 836 g/mol. The largest absolute Gasteiger partial charge is 2.00 e. The molecule has 2 heterocycles. The third kappa shape index (κ3) is 30.9. The second kappa shape index (κ2) is 12.7. The molecule has 0 bridgehead atoms. The SMILES string of the molecule is CN1[C]N(Cc2ccccc2)C=C1.CN1[C]N(Cc2ccccc2)C=C1.F[P-](F)(F)(F)(F)F.F[P-](F)(F)(F)(F)F.[Hg+2]. The second-order valence-corrected chi connectivity index (χ2v) is 12.0. The molecule has 0 saturated heterocycles. The Kier molecular flexibility index (Phi) is 12.1. The Balaban J connectivity index is 0.000000541. The maximum atomic E-state index is 9.87. The Hall–Kier alpha value is -1.92. The fourth-order valence-corrected chi connectivity index (χ4v) is 2.64. The van der Waals surface area contributed by atoms with Crippen molar-refractivity contribution in [2.45, 2.75) is 13.1 Å². The van der Waals surface area contributed by atoms with Crippen LogP contribution in [0.2, 0.25) is 0 Å². The van der Waals surface area contributed by atoms with Crippen molar-refractivity contribution in [2.24, 2.45) is 0 Å². The van der Waals surface area contributed by atoms with E-state index in [0.29, 0.717) is 0 Å². The first-order valence-corrected chi connectivity index (χ1v) is 14.7. The van der Waals surface area contributed by atoms with Gasteiger partial charge >= 0.3 is 93.6 Å². The van der Waals surface area contributed by atoms with Gasteiger partial charge in [0.25, 0.3) is 0 Å². The van der Waals surface area contributed by atoms with Gasteiger partial charge in [0.2, 0.25) is 13.3 Å². The molecule has 2 aromatic carbocycles. The first kappa shape index (κ1) is 39.1. The maximum absolute atomic E-state index is 10.7. The summed E-state index contributed by atoms with van der Waals surface area (Å²) < 4.78 is 118. The van der Waals surface area contributed by atoms with Gasteiger partial charge in [-0.1, -0.05) is 60.7 Å². The van der Waals surface area contributed by atoms with E-state index in [9.17, 15) is 50.4 Å². The quantitative estimate of drug-likeness (QED) is 0.173. The van der Waals surface area contributed by atoms with Gasteiger partial charge in [0.15, 0.2) is 0 Å². The van der Waals surface area contributed by atoms with E-state index in [4.69, 9.17) is 0 Å². The predicted octanol–water partition coefficient (Wildman–Crippen LogP) is 10.6. The van der Waals surface area contributed by atoms with Crippen LogP contribution >= 0.6 is 15.6 Å². The number of benzene rings is 2. The van der Waals surface area contributed by atoms with Gasteiger partial charge in [0.1, 0.15) is 0 Å². The molecule has 0 saturated carbocycles. The molecule has 0 unspecified atom stereocenters. The molecular weight excluding hydrogens is 811 g/mol. The number of halogens is 12. The van der Waals surface area contributed by atoms with Gasteiger partial charge in [-0.25, -0.2) is 0 Å². The third-order valence-electron chi connectivity index (χ3n) is 3.90. The van der Waals surface area contributed by atoms with Crippen LogP contribution in [0.1, 0.15) is 11.1 Å². The average Bonchev–Trinajstić information content (AvgIpc) is 3.33. The Labute approximate surface area is 249 Å². The molecular formula is C22H24F12HgN4P2. The van der Waals surface area contributed by atoms with Gasteiger partial charge in [-0.2, -0.15) is 0 Å². The van der Waals surface area contributed by atoms with Crippen LogP contribution in [-0.4, -0.2) is 33.7 Å². The van der Waals surface area contributed by atoms with Crippen LogP contribution in [0.3, 0.4) is 0 Å². The first-order chi connectivity index (χ1) is 17.6. The summed E-state index contributed by atoms with van der Waals surface area (Å²) in [5, 5.41) is 0. The fourth-order valence-electron chi connectivity index (χ4n) is 2.64. The summed E-state index contributed by atoms with van der Waals surface area (Å²) in [7, 11) is -17.4. The Bertz CT molecular complexity index is 1020. The van der Waals surface area contributed by atoms with Gasteiger partial charge < -0.3 is 19.6 Å². The smallest absolute Gasteiger partial charge is 2.00 e. The van der Waals surface area contributed by atoms with Crippen LogP contribution in [0.4, 0.5) is 50.4 Å². The zero-order chi connectivity index (χ0) is 31.0. The van der Waals surface area contributed by atoms with E-state index >= 15 is 0 Å². The van der Waals surface area contributed by atoms with Crippen molar-refractivity contribution < 1.29 is 78.0 Å². The normalized spacial score (nSPS) is 17.7. The number of rotatable bonds is 4. The van der Waals surface area contributed by atoms with Crippen LogP contribution in [0.15, 0.2) is 85.5 Å². The van der Waals surface area contributed by atoms with Crippen LogP contribution in [0.5, 0.6) is 0 Å². The molecule has 0 N–H and O–H groups in total. The summed E-state index contributed by atoms with van der Waals surface area (Å²) in [5.74, 6) is 0. The molecule has 0 spiro atoms. The molecule has 2 aliphatic heterocycles. The molecule has 0 aliphatic carbocycles. The molecule has 228 valence electrons. The molecule has 0 atom stereocenters. The van der Waals surface area contributed by atoms with Crippen molar-refractivity contribution in [3.05, 3.63) is 110 Å². The first-order valence-electron chi connectivity index (χ1n) is 10.7. The average molecular weight is 835 g/mol. The minimum Gasteiger partial charge on any atom is 2.00 e. The van der Waals surface area contributed by atoms with Crippen LogP contribution in [-0.2, 0) is 40.8 Å². The van der Waals surface area contributed by atoms with Gasteiger partial charge in [-0.15, -0.1) is 0 Å². The third-order valence-corrected chi connectivity index (χ3v) is 3.90. The van der Waals surface area contributed by atoms with E-state index < -0.39 is 15.6 Å². The summed E-state index contributed by atoms with van der Waals surface area (Å²) in [6, 6.07) is 20.8. The molecule has 4 rings (SSSR count). The fraction of sp³-hybridized carbons (Fsp3) is 0.182. The maximum Gasteiger partial charge on any atom is 2.00 e. The molecule has 41 heavy (non-hydrogen) atoms. The standard InChI is InChI=1S/2C11H12N2.2F6P.Hg/c2*1-12-7-8-13(10-12)9-11-5-3-2-4-6-11;2*1-7(2,3,4,5)6;/h2*2-8H,9H2,1H3;;;/q;;2*-1;+2. The molecule has 2 aromatic rings. The molecule has 0 fully saturated rings. The predicted molar refractivity (Wildman–Crippen MR) is 131 cm³/mol. The summed E-state index contributed by atoms with van der Waals surface area (Å²) in [4.78, 5) is 7.91. The molecule has 2 aliphatic rings. The van der Waals surface area contributed by atoms with Crippen LogP contribution in [0, 0.1) is 13.3 Å². The van der Waals surface area contributed by atoms with E-state index in [-0.39, 0.29) is 27.7 Å². The Morgan fingerprint density at radius 3 is 0.927 bits per heavy atom. The summed E-state index contributed by atoms with van der Waals surface area (Å²) in [6.07, 6.45) is 8.02. The van der Waals surface area contributed by atoms with Crippen molar-refractivity contribution in [1.29, 1.82) is 0 Å². The Morgan fingerprint density at radius 2 is 0.732 bits per heavy atom. The van der Waals surface area contributed by atoms with E-state index in [1.807, 2.05) is 70.6 Å². The summed E-state index contributed by atoms with van der Waals surface area (Å²) in [6.45, 7) is 8.10. The molecule has 0 amide bonds. The van der Waals surface area contributed by atoms with Crippen molar-refractivity contribution in [2.75, 3.05) is 14.1 Å². The van der Waals surface area contributed by atoms with Crippen molar-refractivity contribution in [3.63, 3.8) is 0 Å². The van der Waals surface area contributed by atoms with E-state index in [1.165, 1.54) is 11.1 Å². The summed E-state index contributed by atoms with van der Waals surface area (Å²) in [5.41, 5.74) is 2.60. The molecule has 4 radical (unpaired) electrons. The molecule has 4 nitrogen and oxygen atoms in total. The second-order valence-electron chi connectivity index (χ2n) is 8.16. The van der Waals surface area contributed by atoms with Gasteiger partial charge in [0.05, 0.1) is 0 Å². The number of hydrogen-bond acceptors (Lipinski definition) is 4. The zero-order valence-corrected chi connectivity index (χ0v) is 28.7. The van der Waals surface area contributed by atoms with E-state index in [2.05, 4.69) is 61.9 Å². The van der Waals surface area contributed by atoms with Crippen LogP contribution < -0.4 is 0 Å². The van der Waals surface area contributed by atoms with Crippen molar-refractivity contribution in [3.8, 4) is 0 Å². The van der Waals surface area contributed by atoms with Gasteiger partial charge in [0, 0.05) is 52.0 Å². The molecule has 19 heteroatoms. The summed E-state index contributed by atoms with van der Waals surface area (Å²) >= 11 is 0. The van der Waals surface area contributed by atoms with E-state index in [0.717, 1.165) is 13.1 Å². The minimum atomic E-state index is -10.7.